The Morgan fingerprint density at radius 1 is 1.44 bits per heavy atom. The van der Waals surface area contributed by atoms with Crippen LogP contribution in [0.25, 0.3) is 0 Å². The minimum Gasteiger partial charge on any atom is -0.333 e. The normalized spacial score (nSPS) is 19.3. The molecule has 0 saturated carbocycles. The third-order valence-electron chi connectivity index (χ3n) is 1.01. The molecule has 0 aliphatic carbocycles. The second kappa shape index (κ2) is 2.15. The van der Waals surface area contributed by atoms with Crippen molar-refractivity contribution in [1.82, 2.24) is 0 Å². The smallest absolute Gasteiger partial charge is 0.333 e. The lowest BCUT2D eigenvalue weighted by Gasteiger charge is -2.22. The van der Waals surface area contributed by atoms with Gasteiger partial charge in [0, 0.05) is 6.42 Å². The van der Waals surface area contributed by atoms with E-state index in [0.717, 1.165) is 6.92 Å². The molecule has 0 rings (SSSR count). The van der Waals surface area contributed by atoms with Gasteiger partial charge in [0.05, 0.1) is 0 Å². The van der Waals surface area contributed by atoms with Crippen molar-refractivity contribution in [2.45, 2.75) is 25.2 Å². The van der Waals surface area contributed by atoms with Crippen molar-refractivity contribution in [1.29, 1.82) is 0 Å². The molecule has 0 aromatic heterocycles. The molecule has 2 nitrogen and oxygen atoms in total. The van der Waals surface area contributed by atoms with Gasteiger partial charge in [0.15, 0.2) is 0 Å². The van der Waals surface area contributed by atoms with Crippen LogP contribution in [-0.4, -0.2) is 17.0 Å². The Balaban J connectivity index is 4.14. The Morgan fingerprint density at radius 2 is 1.78 bits per heavy atom. The van der Waals surface area contributed by atoms with Crippen LogP contribution in [-0.2, 0) is 0 Å². The summed E-state index contributed by atoms with van der Waals surface area (Å²) in [7, 11) is 0. The van der Waals surface area contributed by atoms with Crippen molar-refractivity contribution >= 4 is 0 Å². The Kier molecular flexibility index (Phi) is 2.08. The summed E-state index contributed by atoms with van der Waals surface area (Å²) in [4.78, 5) is 0. The Bertz CT molecular complexity index is 98.5. The Labute approximate surface area is 50.5 Å². The number of aliphatic hydroxyl groups is 1. The molecule has 0 heterocycles. The molecule has 3 N–H and O–H groups in total. The van der Waals surface area contributed by atoms with Crippen LogP contribution >= 0.6 is 0 Å². The largest absolute Gasteiger partial charge is 0.400 e. The van der Waals surface area contributed by atoms with Gasteiger partial charge in [-0.25, -0.2) is 4.39 Å². The van der Waals surface area contributed by atoms with Gasteiger partial charge < -0.3 is 5.11 Å². The first kappa shape index (κ1) is 8.71. The fourth-order valence-corrected chi connectivity index (χ4v) is 0.213. The van der Waals surface area contributed by atoms with Crippen LogP contribution < -0.4 is 5.73 Å². The molecule has 5 heteroatoms. The fourth-order valence-electron chi connectivity index (χ4n) is 0.213. The summed E-state index contributed by atoms with van der Waals surface area (Å²) in [5, 5.41) is 7.71. The van der Waals surface area contributed by atoms with Crippen LogP contribution in [0.15, 0.2) is 0 Å². The van der Waals surface area contributed by atoms with Crippen molar-refractivity contribution in [2.75, 3.05) is 0 Å². The molecular weight excluding hydrogens is 135 g/mol. The lowest BCUT2D eigenvalue weighted by atomic mass is 10.2. The van der Waals surface area contributed by atoms with Gasteiger partial charge in [0.2, 0.25) is 5.79 Å². The molecule has 0 aromatic rings. The van der Waals surface area contributed by atoms with Crippen LogP contribution in [0.5, 0.6) is 0 Å². The maximum Gasteiger partial charge on any atom is 0.400 e. The van der Waals surface area contributed by atoms with Crippen LogP contribution in [0.4, 0.5) is 13.2 Å². The van der Waals surface area contributed by atoms with Gasteiger partial charge in [-0.3, -0.25) is 5.73 Å². The average molecular weight is 143 g/mol. The zero-order valence-corrected chi connectivity index (χ0v) is 4.87. The number of alkyl halides is 3. The van der Waals surface area contributed by atoms with Crippen LogP contribution in [0.1, 0.15) is 13.3 Å². The third kappa shape index (κ3) is 1.83. The molecule has 0 fully saturated rings. The Hall–Kier alpha value is -0.290. The van der Waals surface area contributed by atoms with Crippen molar-refractivity contribution in [3.05, 3.63) is 0 Å². The number of hydrogen-bond donors (Lipinski definition) is 2. The molecule has 1 atom stereocenters. The first-order valence-electron chi connectivity index (χ1n) is 2.39. The lowest BCUT2D eigenvalue weighted by Crippen LogP contribution is -2.51. The van der Waals surface area contributed by atoms with Crippen molar-refractivity contribution in [2.24, 2.45) is 5.73 Å². The second-order valence-electron chi connectivity index (χ2n) is 1.76. The molecule has 0 aromatic carbocycles. The summed E-state index contributed by atoms with van der Waals surface area (Å²) in [6.07, 6.45) is -5.07. The number of rotatable bonds is 2. The number of nitrogens with two attached hydrogens (primary N) is 1. The van der Waals surface area contributed by atoms with Gasteiger partial charge in [-0.2, -0.15) is 8.78 Å². The maximum atomic E-state index is 12.1. The second-order valence-corrected chi connectivity index (χ2v) is 1.76. The lowest BCUT2D eigenvalue weighted by molar-refractivity contribution is -0.281. The third-order valence-corrected chi connectivity index (χ3v) is 1.01. The molecule has 1 unspecified atom stereocenters. The molecular formula is C4H8F3NO. The monoisotopic (exact) mass is 143 g/mol. The van der Waals surface area contributed by atoms with Gasteiger partial charge in [0.25, 0.3) is 0 Å². The molecule has 0 bridgehead atoms. The summed E-state index contributed by atoms with van der Waals surface area (Å²) >= 11 is 0. The Morgan fingerprint density at radius 3 is 1.78 bits per heavy atom. The topological polar surface area (TPSA) is 46.2 Å². The predicted molar refractivity (Wildman–Crippen MR) is 25.5 cm³/mol. The summed E-state index contributed by atoms with van der Waals surface area (Å²) in [5.41, 5.74) is 4.33. The van der Waals surface area contributed by atoms with E-state index in [1.807, 2.05) is 0 Å². The van der Waals surface area contributed by atoms with Crippen molar-refractivity contribution in [3.8, 4) is 0 Å². The fraction of sp³-hybridized carbons (Fsp3) is 1.00. The van der Waals surface area contributed by atoms with E-state index in [0.29, 0.717) is 0 Å². The maximum absolute atomic E-state index is 12.1. The van der Waals surface area contributed by atoms with E-state index >= 15 is 0 Å². The highest BCUT2D eigenvalue weighted by Crippen LogP contribution is 2.27. The zero-order chi connectivity index (χ0) is 7.71. The average Bonchev–Trinajstić information content (AvgIpc) is 1.64. The number of halogens is 3. The molecule has 0 radical (unpaired) electrons. The van der Waals surface area contributed by atoms with Gasteiger partial charge >= 0.3 is 6.11 Å². The van der Waals surface area contributed by atoms with E-state index < -0.39 is 18.3 Å². The summed E-state index contributed by atoms with van der Waals surface area (Å²) in [6, 6.07) is 0. The van der Waals surface area contributed by atoms with Crippen molar-refractivity contribution < 1.29 is 18.3 Å². The predicted octanol–water partition coefficient (Wildman–Crippen LogP) is 0.606. The van der Waals surface area contributed by atoms with Gasteiger partial charge in [-0.1, -0.05) is 6.92 Å². The van der Waals surface area contributed by atoms with E-state index in [9.17, 15) is 13.2 Å². The molecule has 0 saturated heterocycles. The standard InChI is InChI=1S/C4H8F3NO/c1-2-3(5,8)4(6,7)9/h9H,2,8H2,1H3. The highest BCUT2D eigenvalue weighted by atomic mass is 19.3. The molecule has 0 spiro atoms. The van der Waals surface area contributed by atoms with Gasteiger partial charge in [-0.15, -0.1) is 0 Å². The molecule has 0 aliphatic rings. The molecule has 56 valence electrons. The van der Waals surface area contributed by atoms with E-state index in [1.54, 1.807) is 0 Å². The van der Waals surface area contributed by atoms with E-state index in [2.05, 4.69) is 5.73 Å². The minimum absolute atomic E-state index is 0.628. The SMILES string of the molecule is CCC(N)(F)C(O)(F)F. The minimum atomic E-state index is -4.44. The number of hydrogen-bond acceptors (Lipinski definition) is 2. The molecule has 0 amide bonds. The van der Waals surface area contributed by atoms with Crippen molar-refractivity contribution in [3.63, 3.8) is 0 Å². The highest BCUT2D eigenvalue weighted by molar-refractivity contribution is 4.77. The van der Waals surface area contributed by atoms with E-state index in [4.69, 9.17) is 5.11 Å². The van der Waals surface area contributed by atoms with E-state index in [-0.39, 0.29) is 0 Å². The molecule has 9 heavy (non-hydrogen) atoms. The quantitative estimate of drug-likeness (QED) is 0.556. The zero-order valence-electron chi connectivity index (χ0n) is 4.87. The first-order chi connectivity index (χ1) is 3.81. The summed E-state index contributed by atoms with van der Waals surface area (Å²) < 4.78 is 35.2. The first-order valence-corrected chi connectivity index (χ1v) is 2.39. The summed E-state index contributed by atoms with van der Waals surface area (Å²) in [5.74, 6) is -3.30. The van der Waals surface area contributed by atoms with Crippen LogP contribution in [0.3, 0.4) is 0 Å². The van der Waals surface area contributed by atoms with Gasteiger partial charge in [0.1, 0.15) is 0 Å². The van der Waals surface area contributed by atoms with Crippen LogP contribution in [0.2, 0.25) is 0 Å². The van der Waals surface area contributed by atoms with Gasteiger partial charge in [-0.05, 0) is 0 Å². The van der Waals surface area contributed by atoms with E-state index in [1.165, 1.54) is 0 Å². The van der Waals surface area contributed by atoms with Crippen LogP contribution in [0, 0.1) is 0 Å². The summed E-state index contributed by atoms with van der Waals surface area (Å²) in [6.45, 7) is 1.12. The highest BCUT2D eigenvalue weighted by Gasteiger charge is 2.49. The molecule has 0 aliphatic heterocycles.